The second kappa shape index (κ2) is 11.1. The van der Waals surface area contributed by atoms with Crippen LogP contribution in [0.5, 0.6) is 0 Å². The summed E-state index contributed by atoms with van der Waals surface area (Å²) in [5.41, 5.74) is 4.30. The summed E-state index contributed by atoms with van der Waals surface area (Å²) in [6.07, 6.45) is 0. The molecule has 1 aromatic carbocycles. The van der Waals surface area contributed by atoms with Crippen LogP contribution in [0.15, 0.2) is 47.1 Å². The molecule has 0 saturated carbocycles. The maximum absolute atomic E-state index is 3.69. The van der Waals surface area contributed by atoms with E-state index in [2.05, 4.69) is 61.4 Å². The van der Waals surface area contributed by atoms with Crippen molar-refractivity contribution in [3.8, 4) is 0 Å². The molecule has 4 heteroatoms. The summed E-state index contributed by atoms with van der Waals surface area (Å²) in [6.45, 7) is 18.8. The van der Waals surface area contributed by atoms with Crippen LogP contribution in [0.4, 0.5) is 0 Å². The van der Waals surface area contributed by atoms with Crippen LogP contribution in [0.3, 0.4) is 0 Å². The molecule has 1 aliphatic rings. The van der Waals surface area contributed by atoms with E-state index in [9.17, 15) is 0 Å². The van der Waals surface area contributed by atoms with Gasteiger partial charge in [-0.05, 0) is 0 Å². The van der Waals surface area contributed by atoms with Gasteiger partial charge in [-0.1, -0.05) is 59.1 Å². The maximum atomic E-state index is 3.69. The van der Waals surface area contributed by atoms with Gasteiger partial charge >= 0.3 is 26.2 Å². The number of hydrogen-bond acceptors (Lipinski definition) is 0. The Labute approximate surface area is 176 Å². The van der Waals surface area contributed by atoms with Crippen molar-refractivity contribution >= 4 is 6.71 Å². The van der Waals surface area contributed by atoms with Crippen LogP contribution in [-0.2, 0) is 26.2 Å². The normalized spacial score (nSPS) is 16.0. The van der Waals surface area contributed by atoms with Crippen LogP contribution in [-0.4, -0.2) is 6.71 Å². The monoisotopic (exact) mass is 428 g/mol. The third-order valence-electron chi connectivity index (χ3n) is 4.60. The Morgan fingerprint density at radius 2 is 1.43 bits per heavy atom. The molecule has 126 valence electrons. The van der Waals surface area contributed by atoms with Gasteiger partial charge in [0.1, 0.15) is 0 Å². The molecule has 23 heavy (non-hydrogen) atoms. The Morgan fingerprint density at radius 1 is 1.00 bits per heavy atom. The van der Waals surface area contributed by atoms with Crippen molar-refractivity contribution in [1.82, 2.24) is 0 Å². The quantitative estimate of drug-likeness (QED) is 0.405. The summed E-state index contributed by atoms with van der Waals surface area (Å²) in [5, 5.41) is 0.522. The molecular weight excluding hydrogens is 401 g/mol. The zero-order valence-corrected chi connectivity index (χ0v) is 19.7. The molecule has 0 atom stereocenters. The fraction of sp³-hybridized carbons (Fsp3) is 0.526. The van der Waals surface area contributed by atoms with Crippen molar-refractivity contribution in [3.05, 3.63) is 53.0 Å². The minimum atomic E-state index is 0. The van der Waals surface area contributed by atoms with Gasteiger partial charge in [-0.25, -0.2) is 17.7 Å². The Bertz CT molecular complexity index is 477. The molecule has 1 heterocycles. The molecule has 0 amide bonds. The van der Waals surface area contributed by atoms with Crippen LogP contribution in [0.1, 0.15) is 55.4 Å². The first-order valence-electron chi connectivity index (χ1n) is 7.53. The molecular formula is C19H29BCl2Zr. The predicted molar refractivity (Wildman–Crippen MR) is 92.3 cm³/mol. The second-order valence-electron chi connectivity index (χ2n) is 7.50. The molecule has 0 radical (unpaired) electrons. The van der Waals surface area contributed by atoms with Crippen LogP contribution in [0, 0.1) is 5.98 Å². The predicted octanol–water partition coefficient (Wildman–Crippen LogP) is 0.111. The van der Waals surface area contributed by atoms with E-state index in [4.69, 9.17) is 0 Å². The third kappa shape index (κ3) is 7.41. The summed E-state index contributed by atoms with van der Waals surface area (Å²) >= 11 is 0. The smallest absolute Gasteiger partial charge is 1.00 e. The standard InChI is InChI=1S/C14H24B.C5H5.2ClH.Zr/c1-10-9-15(13(4,5)6)14(7,8)12(3)11(10)2;1-2-4-5-3-1;;;/h1-8H3;1-5H;2*1H;/q2*-1;;;+4/p-2. The van der Waals surface area contributed by atoms with Gasteiger partial charge in [0.2, 0.25) is 0 Å². The summed E-state index contributed by atoms with van der Waals surface area (Å²) < 4.78 is 0. The SMILES string of the molecule is CC1=[C-]B(C(C)(C)C)C(C)(C)C(C)=C1C.[Cl-].[Cl-].[Zr+4].c1cc[cH-]c1. The molecule has 0 saturated heterocycles. The van der Waals surface area contributed by atoms with Crippen molar-refractivity contribution < 1.29 is 51.0 Å². The fourth-order valence-corrected chi connectivity index (χ4v) is 3.11. The first-order valence-corrected chi connectivity index (χ1v) is 7.53. The number of hydrogen-bond donors (Lipinski definition) is 0. The molecule has 0 aromatic heterocycles. The number of rotatable bonds is 0. The topological polar surface area (TPSA) is 0 Å². The number of halogens is 2. The van der Waals surface area contributed by atoms with E-state index in [-0.39, 0.29) is 61.6 Å². The molecule has 1 aromatic rings. The van der Waals surface area contributed by atoms with E-state index in [1.165, 1.54) is 16.7 Å². The van der Waals surface area contributed by atoms with E-state index in [1.54, 1.807) is 0 Å². The van der Waals surface area contributed by atoms with Crippen LogP contribution in [0.25, 0.3) is 0 Å². The first kappa shape index (κ1) is 28.2. The van der Waals surface area contributed by atoms with Gasteiger partial charge in [-0.3, -0.25) is 5.98 Å². The average molecular weight is 430 g/mol. The largest absolute Gasteiger partial charge is 4.00 e. The van der Waals surface area contributed by atoms with Gasteiger partial charge in [-0.2, -0.15) is 29.3 Å². The average Bonchev–Trinajstić information content (AvgIpc) is 2.89. The third-order valence-corrected chi connectivity index (χ3v) is 4.60. The molecule has 0 fully saturated rings. The van der Waals surface area contributed by atoms with E-state index in [0.29, 0.717) is 6.71 Å². The molecule has 0 N–H and O–H groups in total. The summed E-state index contributed by atoms with van der Waals surface area (Å²) in [4.78, 5) is 0. The van der Waals surface area contributed by atoms with Gasteiger partial charge in [-0.15, -0.1) is 6.92 Å². The molecule has 2 rings (SSSR count). The van der Waals surface area contributed by atoms with Gasteiger partial charge in [0.25, 0.3) is 0 Å². The van der Waals surface area contributed by atoms with E-state index >= 15 is 0 Å². The molecule has 0 nitrogen and oxygen atoms in total. The van der Waals surface area contributed by atoms with E-state index < -0.39 is 0 Å². The zero-order chi connectivity index (χ0) is 15.6. The van der Waals surface area contributed by atoms with Gasteiger partial charge < -0.3 is 24.8 Å². The molecule has 0 unspecified atom stereocenters. The summed E-state index contributed by atoms with van der Waals surface area (Å²) in [5.74, 6) is 3.69. The van der Waals surface area contributed by atoms with E-state index in [0.717, 1.165) is 0 Å². The molecule has 0 spiro atoms. The Balaban J connectivity index is -0.000000431. The Hall–Kier alpha value is 0.358. The van der Waals surface area contributed by atoms with Crippen LogP contribution in [0.2, 0.25) is 10.6 Å². The first-order chi connectivity index (χ1) is 9.08. The van der Waals surface area contributed by atoms with Crippen molar-refractivity contribution in [2.45, 2.75) is 66.0 Å². The summed E-state index contributed by atoms with van der Waals surface area (Å²) in [6, 6.07) is 10.0. The van der Waals surface area contributed by atoms with Gasteiger partial charge in [0.15, 0.2) is 0 Å². The minimum absolute atomic E-state index is 0. The van der Waals surface area contributed by atoms with Crippen molar-refractivity contribution in [2.75, 3.05) is 0 Å². The Kier molecular flexibility index (Phi) is 13.6. The second-order valence-corrected chi connectivity index (χ2v) is 7.50. The maximum Gasteiger partial charge on any atom is 4.00 e. The Morgan fingerprint density at radius 3 is 1.74 bits per heavy atom. The zero-order valence-electron chi connectivity index (χ0n) is 15.7. The van der Waals surface area contributed by atoms with E-state index in [1.807, 2.05) is 30.3 Å². The summed E-state index contributed by atoms with van der Waals surface area (Å²) in [7, 11) is 0. The molecule has 1 aliphatic heterocycles. The van der Waals surface area contributed by atoms with Crippen LogP contribution >= 0.6 is 0 Å². The van der Waals surface area contributed by atoms with Crippen LogP contribution < -0.4 is 24.8 Å². The van der Waals surface area contributed by atoms with Gasteiger partial charge in [0.05, 0.1) is 6.71 Å². The van der Waals surface area contributed by atoms with Crippen molar-refractivity contribution in [2.24, 2.45) is 0 Å². The van der Waals surface area contributed by atoms with Crippen molar-refractivity contribution in [1.29, 1.82) is 0 Å². The van der Waals surface area contributed by atoms with Crippen molar-refractivity contribution in [3.63, 3.8) is 0 Å². The fourth-order valence-electron chi connectivity index (χ4n) is 3.11. The van der Waals surface area contributed by atoms with Gasteiger partial charge in [0, 0.05) is 0 Å². The minimum Gasteiger partial charge on any atom is -1.00 e. The molecule has 0 bridgehead atoms. The molecule has 0 aliphatic carbocycles. The number of allylic oxidation sites excluding steroid dienone is 3.